The van der Waals surface area contributed by atoms with E-state index in [1.54, 1.807) is 0 Å². The number of hydrogen-bond acceptors (Lipinski definition) is 0. The van der Waals surface area contributed by atoms with Crippen molar-refractivity contribution in [3.05, 3.63) is 104 Å². The topological polar surface area (TPSA) is 0 Å². The molecular formula is C27F24. The maximum Gasteiger partial charge on any atom is 0.422 e. The third kappa shape index (κ3) is 5.74. The Morgan fingerprint density at radius 2 is 0.353 bits per heavy atom. The Bertz CT molecular complexity index is 2040. The van der Waals surface area contributed by atoms with E-state index in [2.05, 4.69) is 0 Å². The van der Waals surface area contributed by atoms with Gasteiger partial charge in [-0.1, -0.05) is 0 Å². The average molecular weight is 780 g/mol. The standard InChI is InChI=1S/C27F24/c28-10-4(15(33)22(40)18(36)7(10)25(43,44)45)1-2(5-11(29)8(26(46,47)48)19(37)23(41)16(5)34)13(31)21(39)14(32)3(1)6-12(30)9(27(49,50)51)20(38)24(42)17(6)35. The van der Waals surface area contributed by atoms with Gasteiger partial charge in [-0.15, -0.1) is 0 Å². The van der Waals surface area contributed by atoms with Crippen LogP contribution in [-0.4, -0.2) is 0 Å². The SMILES string of the molecule is Fc1c(F)c(-c2c(F)c(F)c(F)c(C(F)(F)F)c2F)c(-c2c(F)c(F)c(F)c(C(F)(F)F)c2F)c(-c2c(F)c(F)c(F)c(C(F)(F)F)c2F)c1F. The number of hydrogen-bond donors (Lipinski definition) is 0. The van der Waals surface area contributed by atoms with E-state index in [9.17, 15) is 70.2 Å². The second-order valence-electron chi connectivity index (χ2n) is 9.58. The van der Waals surface area contributed by atoms with Crippen molar-refractivity contribution in [2.45, 2.75) is 18.5 Å². The molecule has 24 heteroatoms. The van der Waals surface area contributed by atoms with Crippen molar-refractivity contribution in [3.8, 4) is 33.4 Å². The van der Waals surface area contributed by atoms with Gasteiger partial charge in [0, 0.05) is 16.7 Å². The first kappa shape index (κ1) is 39.0. The molecule has 0 nitrogen and oxygen atoms in total. The minimum Gasteiger partial charge on any atom is -0.205 e. The molecule has 0 saturated heterocycles. The smallest absolute Gasteiger partial charge is 0.205 e. The summed E-state index contributed by atoms with van der Waals surface area (Å²) in [5.74, 6) is -55.9. The summed E-state index contributed by atoms with van der Waals surface area (Å²) in [4.78, 5) is 0. The zero-order valence-corrected chi connectivity index (χ0v) is 22.6. The molecule has 0 unspecified atom stereocenters. The summed E-state index contributed by atoms with van der Waals surface area (Å²) in [5.41, 5.74) is -32.2. The van der Waals surface area contributed by atoms with Crippen LogP contribution in [0, 0.1) is 87.3 Å². The fourth-order valence-corrected chi connectivity index (χ4v) is 4.69. The molecule has 0 spiro atoms. The molecule has 0 atom stereocenters. The summed E-state index contributed by atoms with van der Waals surface area (Å²) in [7, 11) is 0. The first-order valence-corrected chi connectivity index (χ1v) is 12.0. The van der Waals surface area contributed by atoms with Crippen molar-refractivity contribution in [2.24, 2.45) is 0 Å². The summed E-state index contributed by atoms with van der Waals surface area (Å²) >= 11 is 0. The van der Waals surface area contributed by atoms with Crippen molar-refractivity contribution in [1.29, 1.82) is 0 Å². The molecule has 0 amide bonds. The first-order valence-electron chi connectivity index (χ1n) is 12.0. The molecule has 276 valence electrons. The van der Waals surface area contributed by atoms with Crippen LogP contribution < -0.4 is 0 Å². The van der Waals surface area contributed by atoms with Crippen LogP contribution in [-0.2, 0) is 18.5 Å². The lowest BCUT2D eigenvalue weighted by atomic mass is 9.83. The normalized spacial score (nSPS) is 12.7. The molecule has 4 aromatic carbocycles. The van der Waals surface area contributed by atoms with Crippen LogP contribution in [0.4, 0.5) is 105 Å². The molecule has 0 aliphatic carbocycles. The molecule has 51 heavy (non-hydrogen) atoms. The molecule has 0 aliphatic heterocycles. The maximum absolute atomic E-state index is 15.4. The quantitative estimate of drug-likeness (QED) is 0.110. The fourth-order valence-electron chi connectivity index (χ4n) is 4.69. The van der Waals surface area contributed by atoms with Crippen LogP contribution in [0.1, 0.15) is 16.7 Å². The molecule has 4 rings (SSSR count). The number of alkyl halides is 9. The monoisotopic (exact) mass is 780 g/mol. The fraction of sp³-hybridized carbons (Fsp3) is 0.111. The van der Waals surface area contributed by atoms with Gasteiger partial charge in [0.2, 0.25) is 0 Å². The highest BCUT2D eigenvalue weighted by molar-refractivity contribution is 5.96. The predicted octanol–water partition coefficient (Wildman–Crippen LogP) is 11.8. The molecule has 0 aromatic heterocycles. The minimum absolute atomic E-state index is 3.47. The van der Waals surface area contributed by atoms with Crippen molar-refractivity contribution in [2.75, 3.05) is 0 Å². The molecule has 0 N–H and O–H groups in total. The highest BCUT2D eigenvalue weighted by Crippen LogP contribution is 2.53. The minimum atomic E-state index is -6.72. The van der Waals surface area contributed by atoms with Crippen molar-refractivity contribution in [1.82, 2.24) is 0 Å². The van der Waals surface area contributed by atoms with Gasteiger partial charge in [0.05, 0.1) is 16.7 Å². The molecular weight excluding hydrogens is 780 g/mol. The van der Waals surface area contributed by atoms with Crippen LogP contribution in [0.25, 0.3) is 33.4 Å². The van der Waals surface area contributed by atoms with Crippen LogP contribution in [0.2, 0.25) is 0 Å². The van der Waals surface area contributed by atoms with E-state index >= 15 is 35.1 Å². The Hall–Kier alpha value is -4.80. The van der Waals surface area contributed by atoms with Crippen LogP contribution in [0.3, 0.4) is 0 Å². The van der Waals surface area contributed by atoms with Gasteiger partial charge in [-0.05, 0) is 0 Å². The van der Waals surface area contributed by atoms with Gasteiger partial charge >= 0.3 is 18.5 Å². The summed E-state index contributed by atoms with van der Waals surface area (Å²) in [6, 6.07) is 0. The van der Waals surface area contributed by atoms with Crippen LogP contribution in [0.5, 0.6) is 0 Å². The molecule has 0 radical (unpaired) electrons. The first-order chi connectivity index (χ1) is 23.0. The van der Waals surface area contributed by atoms with E-state index in [0.717, 1.165) is 0 Å². The second-order valence-corrected chi connectivity index (χ2v) is 9.58. The Labute approximate surface area is 262 Å². The zero-order valence-electron chi connectivity index (χ0n) is 22.6. The van der Waals surface area contributed by atoms with E-state index in [0.29, 0.717) is 0 Å². The highest BCUT2D eigenvalue weighted by atomic mass is 19.4. The second kappa shape index (κ2) is 12.2. The number of halogens is 24. The van der Waals surface area contributed by atoms with E-state index in [1.165, 1.54) is 0 Å². The molecule has 0 saturated carbocycles. The Kier molecular flexibility index (Phi) is 9.30. The van der Waals surface area contributed by atoms with Crippen LogP contribution >= 0.6 is 0 Å². The summed E-state index contributed by atoms with van der Waals surface area (Å²) in [6.45, 7) is 0. The highest BCUT2D eigenvalue weighted by Gasteiger charge is 2.49. The zero-order chi connectivity index (χ0) is 39.4. The Morgan fingerprint density at radius 1 is 0.176 bits per heavy atom. The average Bonchev–Trinajstić information content (AvgIpc) is 2.97. The Morgan fingerprint density at radius 3 is 0.569 bits per heavy atom. The number of rotatable bonds is 3. The van der Waals surface area contributed by atoms with E-state index in [4.69, 9.17) is 0 Å². The largest absolute Gasteiger partial charge is 0.422 e. The van der Waals surface area contributed by atoms with Gasteiger partial charge in [-0.25, -0.2) is 65.9 Å². The molecule has 0 aliphatic rings. The van der Waals surface area contributed by atoms with Crippen molar-refractivity contribution >= 4 is 0 Å². The van der Waals surface area contributed by atoms with Gasteiger partial charge in [0.1, 0.15) is 34.1 Å². The third-order valence-corrected chi connectivity index (χ3v) is 6.71. The van der Waals surface area contributed by atoms with Gasteiger partial charge in [-0.3, -0.25) is 0 Å². The van der Waals surface area contributed by atoms with E-state index < -0.39 is 156 Å². The Balaban J connectivity index is 2.59. The van der Waals surface area contributed by atoms with Gasteiger partial charge in [0.25, 0.3) is 0 Å². The lowest BCUT2D eigenvalue weighted by molar-refractivity contribution is -0.143. The van der Waals surface area contributed by atoms with E-state index in [-0.39, 0.29) is 0 Å². The third-order valence-electron chi connectivity index (χ3n) is 6.71. The predicted molar refractivity (Wildman–Crippen MR) is 117 cm³/mol. The molecule has 0 bridgehead atoms. The van der Waals surface area contributed by atoms with Crippen molar-refractivity contribution in [3.63, 3.8) is 0 Å². The lowest BCUT2D eigenvalue weighted by Gasteiger charge is -2.24. The van der Waals surface area contributed by atoms with Gasteiger partial charge in [-0.2, -0.15) is 39.5 Å². The molecule has 0 fully saturated rings. The summed E-state index contributed by atoms with van der Waals surface area (Å²) in [5, 5.41) is 0. The van der Waals surface area contributed by atoms with Gasteiger partial charge < -0.3 is 0 Å². The lowest BCUT2D eigenvalue weighted by Crippen LogP contribution is -2.20. The maximum atomic E-state index is 15.4. The molecule has 0 heterocycles. The van der Waals surface area contributed by atoms with Crippen LogP contribution in [0.15, 0.2) is 0 Å². The summed E-state index contributed by atoms with van der Waals surface area (Å²) in [6.07, 6.45) is -20.1. The van der Waals surface area contributed by atoms with E-state index in [1.807, 2.05) is 0 Å². The van der Waals surface area contributed by atoms with Crippen molar-refractivity contribution < 1.29 is 105 Å². The number of benzene rings is 4. The summed E-state index contributed by atoms with van der Waals surface area (Å²) < 4.78 is 344. The van der Waals surface area contributed by atoms with Gasteiger partial charge in [0.15, 0.2) is 69.8 Å². The molecule has 4 aromatic rings.